The zero-order chi connectivity index (χ0) is 19.4. The standard InChI is InChI=1S/C20H21ClN2O4/c1-26-16-6-3-13(4-7-16)11-23-12-14(9-19(23)24)20(25)22-17-10-15(21)5-8-18(17)27-2/h3-8,10,14H,9,11-12H2,1-2H3,(H,22,25). The number of hydrogen-bond donors (Lipinski definition) is 1. The summed E-state index contributed by atoms with van der Waals surface area (Å²) >= 11 is 6.00. The van der Waals surface area contributed by atoms with Crippen LogP contribution in [0.1, 0.15) is 12.0 Å². The highest BCUT2D eigenvalue weighted by molar-refractivity contribution is 6.31. The van der Waals surface area contributed by atoms with Crippen molar-refractivity contribution in [2.45, 2.75) is 13.0 Å². The predicted octanol–water partition coefficient (Wildman–Crippen LogP) is 3.34. The van der Waals surface area contributed by atoms with E-state index in [2.05, 4.69) is 5.32 Å². The Kier molecular flexibility index (Phi) is 5.86. The van der Waals surface area contributed by atoms with Gasteiger partial charge >= 0.3 is 0 Å². The molecule has 0 aliphatic carbocycles. The molecule has 2 aromatic rings. The second-order valence-electron chi connectivity index (χ2n) is 6.36. The Balaban J connectivity index is 1.64. The van der Waals surface area contributed by atoms with Gasteiger partial charge in [0.25, 0.3) is 0 Å². The van der Waals surface area contributed by atoms with Crippen molar-refractivity contribution in [2.24, 2.45) is 5.92 Å². The van der Waals surface area contributed by atoms with Gasteiger partial charge in [0.05, 0.1) is 25.8 Å². The highest BCUT2D eigenvalue weighted by Gasteiger charge is 2.34. The van der Waals surface area contributed by atoms with Crippen LogP contribution < -0.4 is 14.8 Å². The van der Waals surface area contributed by atoms with Crippen molar-refractivity contribution >= 4 is 29.1 Å². The summed E-state index contributed by atoms with van der Waals surface area (Å²) in [4.78, 5) is 26.6. The SMILES string of the molecule is COc1ccc(CN2CC(C(=O)Nc3cc(Cl)ccc3OC)CC2=O)cc1. The van der Waals surface area contributed by atoms with Gasteiger partial charge in [-0.3, -0.25) is 9.59 Å². The number of nitrogens with one attached hydrogen (secondary N) is 1. The van der Waals surface area contributed by atoms with Gasteiger partial charge < -0.3 is 19.7 Å². The smallest absolute Gasteiger partial charge is 0.229 e. The van der Waals surface area contributed by atoms with E-state index in [1.807, 2.05) is 24.3 Å². The Morgan fingerprint density at radius 1 is 1.19 bits per heavy atom. The van der Waals surface area contributed by atoms with Gasteiger partial charge in [-0.15, -0.1) is 0 Å². The number of ether oxygens (including phenoxy) is 2. The monoisotopic (exact) mass is 388 g/mol. The molecule has 6 nitrogen and oxygen atoms in total. The molecule has 7 heteroatoms. The molecule has 1 N–H and O–H groups in total. The Morgan fingerprint density at radius 2 is 1.93 bits per heavy atom. The topological polar surface area (TPSA) is 67.9 Å². The molecular formula is C20H21ClN2O4. The molecule has 1 unspecified atom stereocenters. The fourth-order valence-corrected chi connectivity index (χ4v) is 3.24. The highest BCUT2D eigenvalue weighted by atomic mass is 35.5. The molecule has 0 aromatic heterocycles. The van der Waals surface area contributed by atoms with Crippen LogP contribution in [-0.2, 0) is 16.1 Å². The molecule has 1 heterocycles. The number of rotatable bonds is 6. The molecule has 27 heavy (non-hydrogen) atoms. The minimum atomic E-state index is -0.417. The summed E-state index contributed by atoms with van der Waals surface area (Å²) in [6.07, 6.45) is 0.185. The molecule has 1 atom stereocenters. The van der Waals surface area contributed by atoms with Crippen LogP contribution in [0, 0.1) is 5.92 Å². The van der Waals surface area contributed by atoms with Crippen LogP contribution in [0.5, 0.6) is 11.5 Å². The average molecular weight is 389 g/mol. The van der Waals surface area contributed by atoms with E-state index in [4.69, 9.17) is 21.1 Å². The van der Waals surface area contributed by atoms with Crippen LogP contribution in [0.3, 0.4) is 0 Å². The van der Waals surface area contributed by atoms with E-state index in [0.717, 1.165) is 11.3 Å². The molecule has 1 aliphatic heterocycles. The van der Waals surface area contributed by atoms with E-state index in [1.165, 1.54) is 7.11 Å². The highest BCUT2D eigenvalue weighted by Crippen LogP contribution is 2.29. The van der Waals surface area contributed by atoms with Crippen LogP contribution in [0.4, 0.5) is 5.69 Å². The third-order valence-corrected chi connectivity index (χ3v) is 4.77. The van der Waals surface area contributed by atoms with Gasteiger partial charge in [0.15, 0.2) is 0 Å². The van der Waals surface area contributed by atoms with Crippen LogP contribution >= 0.6 is 11.6 Å². The van der Waals surface area contributed by atoms with Crippen LogP contribution in [-0.4, -0.2) is 37.5 Å². The van der Waals surface area contributed by atoms with Crippen molar-refractivity contribution in [2.75, 3.05) is 26.1 Å². The third-order valence-electron chi connectivity index (χ3n) is 4.54. The maximum absolute atomic E-state index is 12.6. The van der Waals surface area contributed by atoms with Crippen LogP contribution in [0.15, 0.2) is 42.5 Å². The summed E-state index contributed by atoms with van der Waals surface area (Å²) in [5, 5.41) is 3.32. The number of carbonyl (C=O) groups excluding carboxylic acids is 2. The third kappa shape index (κ3) is 4.52. The first-order chi connectivity index (χ1) is 13.0. The maximum Gasteiger partial charge on any atom is 0.229 e. The zero-order valence-corrected chi connectivity index (χ0v) is 16.0. The van der Waals surface area contributed by atoms with Crippen molar-refractivity contribution in [3.8, 4) is 11.5 Å². The molecule has 142 valence electrons. The van der Waals surface area contributed by atoms with Crippen molar-refractivity contribution in [3.05, 3.63) is 53.1 Å². The normalized spacial score (nSPS) is 16.3. The lowest BCUT2D eigenvalue weighted by molar-refractivity contribution is -0.128. The number of benzene rings is 2. The first kappa shape index (κ1) is 19.0. The fourth-order valence-electron chi connectivity index (χ4n) is 3.06. The molecule has 0 saturated carbocycles. The summed E-state index contributed by atoms with van der Waals surface area (Å²) in [6, 6.07) is 12.5. The van der Waals surface area contributed by atoms with Gasteiger partial charge in [0.1, 0.15) is 11.5 Å². The summed E-state index contributed by atoms with van der Waals surface area (Å²) < 4.78 is 10.4. The van der Waals surface area contributed by atoms with Crippen LogP contribution in [0.2, 0.25) is 5.02 Å². The van der Waals surface area contributed by atoms with E-state index in [9.17, 15) is 9.59 Å². The first-order valence-corrected chi connectivity index (χ1v) is 8.93. The lowest BCUT2D eigenvalue weighted by Crippen LogP contribution is -2.28. The minimum Gasteiger partial charge on any atom is -0.497 e. The van der Waals surface area contributed by atoms with E-state index in [0.29, 0.717) is 29.5 Å². The second kappa shape index (κ2) is 8.31. The second-order valence-corrected chi connectivity index (χ2v) is 6.79. The van der Waals surface area contributed by atoms with E-state index < -0.39 is 5.92 Å². The Bertz CT molecular complexity index is 838. The number of nitrogens with zero attached hydrogens (tertiary/aromatic N) is 1. The van der Waals surface area contributed by atoms with Crippen molar-refractivity contribution < 1.29 is 19.1 Å². The molecule has 0 bridgehead atoms. The molecule has 1 saturated heterocycles. The predicted molar refractivity (Wildman–Crippen MR) is 103 cm³/mol. The van der Waals surface area contributed by atoms with E-state index in [1.54, 1.807) is 30.2 Å². The van der Waals surface area contributed by atoms with Gasteiger partial charge in [0.2, 0.25) is 11.8 Å². The summed E-state index contributed by atoms with van der Waals surface area (Å²) in [7, 11) is 3.13. The van der Waals surface area contributed by atoms with Gasteiger partial charge in [-0.1, -0.05) is 23.7 Å². The van der Waals surface area contributed by atoms with Gasteiger partial charge in [0, 0.05) is 24.5 Å². The van der Waals surface area contributed by atoms with Crippen molar-refractivity contribution in [3.63, 3.8) is 0 Å². The van der Waals surface area contributed by atoms with Gasteiger partial charge in [-0.05, 0) is 35.9 Å². The quantitative estimate of drug-likeness (QED) is 0.824. The first-order valence-electron chi connectivity index (χ1n) is 8.55. The largest absolute Gasteiger partial charge is 0.497 e. The fraction of sp³-hybridized carbons (Fsp3) is 0.300. The molecule has 3 rings (SSSR count). The lowest BCUT2D eigenvalue weighted by Gasteiger charge is -2.17. The molecule has 0 spiro atoms. The Hall–Kier alpha value is -2.73. The molecule has 1 fully saturated rings. The van der Waals surface area contributed by atoms with Gasteiger partial charge in [-0.25, -0.2) is 0 Å². The number of likely N-dealkylation sites (tertiary alicyclic amines) is 1. The molecule has 0 radical (unpaired) electrons. The molecule has 1 aliphatic rings. The van der Waals surface area contributed by atoms with Crippen molar-refractivity contribution in [1.29, 1.82) is 0 Å². The maximum atomic E-state index is 12.6. The number of methoxy groups -OCH3 is 2. The number of hydrogen-bond acceptors (Lipinski definition) is 4. The molecule has 2 amide bonds. The number of halogens is 1. The molecular weight excluding hydrogens is 368 g/mol. The average Bonchev–Trinajstić information content (AvgIpc) is 3.03. The van der Waals surface area contributed by atoms with Crippen molar-refractivity contribution in [1.82, 2.24) is 4.90 Å². The number of anilines is 1. The molecule has 2 aromatic carbocycles. The zero-order valence-electron chi connectivity index (χ0n) is 15.2. The summed E-state index contributed by atoms with van der Waals surface area (Å²) in [5.74, 6) is 0.607. The summed E-state index contributed by atoms with van der Waals surface area (Å²) in [5.41, 5.74) is 1.48. The Labute approximate surface area is 163 Å². The lowest BCUT2D eigenvalue weighted by atomic mass is 10.1. The summed E-state index contributed by atoms with van der Waals surface area (Å²) in [6.45, 7) is 0.840. The van der Waals surface area contributed by atoms with Gasteiger partial charge in [-0.2, -0.15) is 0 Å². The van der Waals surface area contributed by atoms with Crippen LogP contribution in [0.25, 0.3) is 0 Å². The number of carbonyl (C=O) groups is 2. The Morgan fingerprint density at radius 3 is 2.59 bits per heavy atom. The number of amides is 2. The van der Waals surface area contributed by atoms with E-state index in [-0.39, 0.29) is 18.2 Å². The van der Waals surface area contributed by atoms with E-state index >= 15 is 0 Å². The minimum absolute atomic E-state index is 0.0379.